The van der Waals surface area contributed by atoms with E-state index in [1.807, 2.05) is 20.8 Å². The van der Waals surface area contributed by atoms with Gasteiger partial charge in [-0.15, -0.1) is 0 Å². The zero-order valence-corrected chi connectivity index (χ0v) is 11.9. The summed E-state index contributed by atoms with van der Waals surface area (Å²) in [5.74, 6) is -1.53. The third kappa shape index (κ3) is 3.43. The van der Waals surface area contributed by atoms with Gasteiger partial charge in [0.05, 0.1) is 4.92 Å². The van der Waals surface area contributed by atoms with Crippen molar-refractivity contribution in [3.05, 3.63) is 33.6 Å². The van der Waals surface area contributed by atoms with Crippen molar-refractivity contribution < 1.29 is 14.1 Å². The molecule has 0 spiro atoms. The van der Waals surface area contributed by atoms with Gasteiger partial charge in [-0.3, -0.25) is 14.9 Å². The standard InChI is InChI=1S/C13H18FN3O3/c1-13(2,3)7-16(4)12(18)10-8(14)5-6-9(11(10)15)17(19)20/h5-6H,7,15H2,1-4H3. The van der Waals surface area contributed by atoms with Crippen LogP contribution in [0.15, 0.2) is 12.1 Å². The van der Waals surface area contributed by atoms with Gasteiger partial charge in [0.25, 0.3) is 11.6 Å². The van der Waals surface area contributed by atoms with Gasteiger partial charge in [-0.05, 0) is 11.5 Å². The molecular formula is C13H18FN3O3. The molecule has 2 N–H and O–H groups in total. The number of nitro benzene ring substituents is 1. The third-order valence-corrected chi connectivity index (χ3v) is 2.64. The van der Waals surface area contributed by atoms with Crippen LogP contribution in [0, 0.1) is 21.3 Å². The fourth-order valence-corrected chi connectivity index (χ4v) is 1.93. The molecule has 110 valence electrons. The van der Waals surface area contributed by atoms with Crippen LogP contribution in [0.25, 0.3) is 0 Å². The van der Waals surface area contributed by atoms with Crippen LogP contribution in [0.3, 0.4) is 0 Å². The monoisotopic (exact) mass is 283 g/mol. The molecule has 0 aliphatic rings. The molecule has 7 heteroatoms. The van der Waals surface area contributed by atoms with Gasteiger partial charge in [-0.2, -0.15) is 0 Å². The summed E-state index contributed by atoms with van der Waals surface area (Å²) in [6.07, 6.45) is 0. The molecule has 0 saturated carbocycles. The molecule has 1 aromatic rings. The number of nitrogen functional groups attached to an aromatic ring is 1. The van der Waals surface area contributed by atoms with Crippen molar-refractivity contribution in [2.75, 3.05) is 19.3 Å². The lowest BCUT2D eigenvalue weighted by Crippen LogP contribution is -2.35. The quantitative estimate of drug-likeness (QED) is 0.524. The third-order valence-electron chi connectivity index (χ3n) is 2.64. The number of benzene rings is 1. The van der Waals surface area contributed by atoms with Gasteiger partial charge in [0.2, 0.25) is 0 Å². The number of nitro groups is 1. The van der Waals surface area contributed by atoms with E-state index in [1.165, 1.54) is 11.9 Å². The van der Waals surface area contributed by atoms with E-state index in [2.05, 4.69) is 0 Å². The number of rotatable bonds is 3. The Morgan fingerprint density at radius 1 is 1.45 bits per heavy atom. The average Bonchev–Trinajstić information content (AvgIpc) is 2.25. The number of carbonyl (C=O) groups excluding carboxylic acids is 1. The van der Waals surface area contributed by atoms with E-state index in [4.69, 9.17) is 5.73 Å². The minimum absolute atomic E-state index is 0.184. The summed E-state index contributed by atoms with van der Waals surface area (Å²) >= 11 is 0. The molecule has 0 aromatic heterocycles. The minimum Gasteiger partial charge on any atom is -0.392 e. The van der Waals surface area contributed by atoms with E-state index >= 15 is 0 Å². The van der Waals surface area contributed by atoms with E-state index in [-0.39, 0.29) is 5.41 Å². The van der Waals surface area contributed by atoms with E-state index in [0.717, 1.165) is 12.1 Å². The van der Waals surface area contributed by atoms with Crippen LogP contribution in [0.4, 0.5) is 15.8 Å². The predicted molar refractivity (Wildman–Crippen MR) is 73.9 cm³/mol. The molecule has 0 bridgehead atoms. The summed E-state index contributed by atoms with van der Waals surface area (Å²) in [5.41, 5.74) is 4.00. The van der Waals surface area contributed by atoms with Gasteiger partial charge in [0.15, 0.2) is 0 Å². The summed E-state index contributed by atoms with van der Waals surface area (Å²) in [7, 11) is 1.51. The maximum atomic E-state index is 13.8. The van der Waals surface area contributed by atoms with Crippen molar-refractivity contribution in [3.63, 3.8) is 0 Å². The fourth-order valence-electron chi connectivity index (χ4n) is 1.93. The number of anilines is 1. The Morgan fingerprint density at radius 3 is 2.45 bits per heavy atom. The van der Waals surface area contributed by atoms with E-state index in [0.29, 0.717) is 6.54 Å². The number of hydrogen-bond acceptors (Lipinski definition) is 4. The topological polar surface area (TPSA) is 89.5 Å². The molecule has 1 aromatic carbocycles. The molecule has 20 heavy (non-hydrogen) atoms. The maximum absolute atomic E-state index is 13.8. The minimum atomic E-state index is -0.862. The lowest BCUT2D eigenvalue weighted by molar-refractivity contribution is -0.384. The summed E-state index contributed by atoms with van der Waals surface area (Å²) in [6, 6.07) is 1.83. The van der Waals surface area contributed by atoms with Crippen LogP contribution in [-0.4, -0.2) is 29.3 Å². The lowest BCUT2D eigenvalue weighted by atomic mass is 9.96. The number of nitrogens with zero attached hydrogens (tertiary/aromatic N) is 2. The first-order valence-electron chi connectivity index (χ1n) is 6.02. The zero-order chi connectivity index (χ0) is 15.7. The predicted octanol–water partition coefficient (Wildman–Crippen LogP) is 2.43. The molecule has 0 fully saturated rings. The highest BCUT2D eigenvalue weighted by Crippen LogP contribution is 2.28. The molecule has 0 saturated heterocycles. The van der Waals surface area contributed by atoms with E-state index < -0.39 is 33.6 Å². The largest absolute Gasteiger partial charge is 0.392 e. The molecule has 0 aliphatic heterocycles. The van der Waals surface area contributed by atoms with Crippen LogP contribution in [0.2, 0.25) is 0 Å². The number of nitrogens with two attached hydrogens (primary N) is 1. The number of hydrogen-bond donors (Lipinski definition) is 1. The van der Waals surface area contributed by atoms with Crippen molar-refractivity contribution in [1.29, 1.82) is 0 Å². The van der Waals surface area contributed by atoms with E-state index in [1.54, 1.807) is 0 Å². The van der Waals surface area contributed by atoms with Gasteiger partial charge in [-0.1, -0.05) is 20.8 Å². The molecule has 6 nitrogen and oxygen atoms in total. The molecule has 0 unspecified atom stereocenters. The second kappa shape index (κ2) is 5.44. The van der Waals surface area contributed by atoms with Crippen LogP contribution < -0.4 is 5.73 Å². The van der Waals surface area contributed by atoms with Crippen LogP contribution >= 0.6 is 0 Å². The Balaban J connectivity index is 3.22. The van der Waals surface area contributed by atoms with Crippen molar-refractivity contribution in [2.24, 2.45) is 5.41 Å². The molecule has 0 atom stereocenters. The smallest absolute Gasteiger partial charge is 0.293 e. The van der Waals surface area contributed by atoms with Crippen LogP contribution in [-0.2, 0) is 0 Å². The number of carbonyl (C=O) groups is 1. The Hall–Kier alpha value is -2.18. The van der Waals surface area contributed by atoms with Crippen molar-refractivity contribution in [2.45, 2.75) is 20.8 Å². The fraction of sp³-hybridized carbons (Fsp3) is 0.462. The summed E-state index contributed by atoms with van der Waals surface area (Å²) in [6.45, 7) is 6.13. The highest BCUT2D eigenvalue weighted by molar-refractivity contribution is 6.01. The van der Waals surface area contributed by atoms with Crippen molar-refractivity contribution >= 4 is 17.3 Å². The zero-order valence-electron chi connectivity index (χ0n) is 11.9. The molecule has 0 heterocycles. The first-order chi connectivity index (χ1) is 9.04. The van der Waals surface area contributed by atoms with Gasteiger partial charge in [0.1, 0.15) is 17.1 Å². The first kappa shape index (κ1) is 15.9. The van der Waals surface area contributed by atoms with Crippen LogP contribution in [0.5, 0.6) is 0 Å². The van der Waals surface area contributed by atoms with Gasteiger partial charge >= 0.3 is 0 Å². The second-order valence-corrected chi connectivity index (χ2v) is 5.83. The summed E-state index contributed by atoms with van der Waals surface area (Å²) in [4.78, 5) is 23.6. The Morgan fingerprint density at radius 2 is 2.00 bits per heavy atom. The van der Waals surface area contributed by atoms with Gasteiger partial charge < -0.3 is 10.6 Å². The first-order valence-corrected chi connectivity index (χ1v) is 6.02. The molecule has 1 amide bonds. The Kier molecular flexibility index (Phi) is 4.32. The van der Waals surface area contributed by atoms with Crippen molar-refractivity contribution in [1.82, 2.24) is 4.90 Å². The lowest BCUT2D eigenvalue weighted by Gasteiger charge is -2.27. The molecule has 0 radical (unpaired) electrons. The molecule has 0 aliphatic carbocycles. The molecular weight excluding hydrogens is 265 g/mol. The van der Waals surface area contributed by atoms with Gasteiger partial charge in [-0.25, -0.2) is 4.39 Å². The Labute approximate surface area is 116 Å². The normalized spacial score (nSPS) is 11.2. The Bertz CT molecular complexity index is 553. The highest BCUT2D eigenvalue weighted by Gasteiger charge is 2.27. The maximum Gasteiger partial charge on any atom is 0.293 e. The SMILES string of the molecule is CN(CC(C)(C)C)C(=O)c1c(F)ccc([N+](=O)[O-])c1N. The highest BCUT2D eigenvalue weighted by atomic mass is 19.1. The average molecular weight is 283 g/mol. The summed E-state index contributed by atoms with van der Waals surface area (Å²) in [5, 5.41) is 10.8. The number of amides is 1. The van der Waals surface area contributed by atoms with Crippen molar-refractivity contribution in [3.8, 4) is 0 Å². The van der Waals surface area contributed by atoms with E-state index in [9.17, 15) is 19.3 Å². The van der Waals surface area contributed by atoms with Gasteiger partial charge in [0, 0.05) is 19.7 Å². The molecule has 1 rings (SSSR count). The second-order valence-electron chi connectivity index (χ2n) is 5.83. The van der Waals surface area contributed by atoms with Crippen LogP contribution in [0.1, 0.15) is 31.1 Å². The number of halogens is 1. The summed E-state index contributed by atoms with van der Waals surface area (Å²) < 4.78 is 13.8.